The van der Waals surface area contributed by atoms with Gasteiger partial charge in [-0.25, -0.2) is 19.5 Å². The first kappa shape index (κ1) is 17.2. The van der Waals surface area contributed by atoms with Gasteiger partial charge in [-0.15, -0.1) is 0 Å². The number of rotatable bonds is 2. The first-order valence-electron chi connectivity index (χ1n) is 8.14. The third-order valence-electron chi connectivity index (χ3n) is 4.15. The number of benzene rings is 1. The zero-order valence-corrected chi connectivity index (χ0v) is 14.7. The summed E-state index contributed by atoms with van der Waals surface area (Å²) in [6.45, 7) is 0. The predicted octanol–water partition coefficient (Wildman–Crippen LogP) is 3.06. The first-order valence-corrected chi connectivity index (χ1v) is 8.52. The van der Waals surface area contributed by atoms with E-state index in [4.69, 9.17) is 17.3 Å². The molecule has 3 N–H and O–H groups in total. The molecule has 0 spiro atoms. The monoisotopic (exact) mass is 384 g/mol. The Bertz CT molecular complexity index is 1080. The van der Waals surface area contributed by atoms with Gasteiger partial charge in [-0.3, -0.25) is 4.79 Å². The fourth-order valence-corrected chi connectivity index (χ4v) is 3.00. The summed E-state index contributed by atoms with van der Waals surface area (Å²) in [7, 11) is 0. The van der Waals surface area contributed by atoms with E-state index in [0.717, 1.165) is 11.1 Å². The van der Waals surface area contributed by atoms with Crippen LogP contribution in [0.1, 0.15) is 12.8 Å². The quantitative estimate of drug-likeness (QED) is 0.709. The number of anilines is 1. The molecule has 2 aromatic heterocycles. The van der Waals surface area contributed by atoms with Crippen LogP contribution in [0.3, 0.4) is 0 Å². The summed E-state index contributed by atoms with van der Waals surface area (Å²) in [6.07, 6.45) is 4.17. The number of nitrogens with two attached hydrogens (primary N) is 1. The predicted molar refractivity (Wildman–Crippen MR) is 100 cm³/mol. The molecule has 0 saturated carbocycles. The number of pyridine rings is 1. The molecule has 1 aromatic carbocycles. The Morgan fingerprint density at radius 3 is 2.74 bits per heavy atom. The van der Waals surface area contributed by atoms with Crippen LogP contribution in [0.4, 0.5) is 10.2 Å². The molecule has 0 radical (unpaired) electrons. The Morgan fingerprint density at radius 1 is 1.19 bits per heavy atom. The molecule has 136 valence electrons. The van der Waals surface area contributed by atoms with Gasteiger partial charge in [0.25, 0.3) is 0 Å². The van der Waals surface area contributed by atoms with Crippen LogP contribution in [-0.4, -0.2) is 26.5 Å². The zero-order valence-electron chi connectivity index (χ0n) is 14.0. The molecule has 0 saturated heterocycles. The minimum Gasteiger partial charge on any atom is -0.384 e. The number of nitrogen functional groups attached to an aromatic ring is 1. The van der Waals surface area contributed by atoms with Crippen molar-refractivity contribution in [3.05, 3.63) is 53.6 Å². The molecular weight excluding hydrogens is 371 g/mol. The first-order chi connectivity index (χ1) is 13.0. The lowest BCUT2D eigenvalue weighted by Crippen LogP contribution is -2.29. The van der Waals surface area contributed by atoms with E-state index in [1.807, 2.05) is 0 Å². The number of nitrogens with zero attached hydrogens (tertiary/aromatic N) is 4. The van der Waals surface area contributed by atoms with Crippen molar-refractivity contribution in [2.75, 3.05) is 5.73 Å². The van der Waals surface area contributed by atoms with E-state index < -0.39 is 5.82 Å². The lowest BCUT2D eigenvalue weighted by molar-refractivity contribution is -0.121. The molecule has 0 fully saturated rings. The molecule has 1 amide bonds. The van der Waals surface area contributed by atoms with E-state index in [-0.39, 0.29) is 10.9 Å². The molecule has 1 aliphatic rings. The summed E-state index contributed by atoms with van der Waals surface area (Å²) in [5.41, 5.74) is 11.0. The highest BCUT2D eigenvalue weighted by Crippen LogP contribution is 2.33. The molecule has 0 atom stereocenters. The second-order valence-electron chi connectivity index (χ2n) is 6.00. The average Bonchev–Trinajstić information content (AvgIpc) is 3.10. The standard InChI is InChI=1S/C18H14ClFN6O/c19-13-7-11(1-2-14(13)20)18-12(10-5-6-22-15(21)8-10)9-26(25-18)16-3-4-17(27)24-23-16/h1-2,5-9H,3-4H2,(H2,21,22)(H,24,27). The fraction of sp³-hybridized carbons (Fsp3) is 0.111. The molecule has 4 rings (SSSR count). The highest BCUT2D eigenvalue weighted by Gasteiger charge is 2.19. The topological polar surface area (TPSA) is 98.2 Å². The van der Waals surface area contributed by atoms with Gasteiger partial charge >= 0.3 is 0 Å². The van der Waals surface area contributed by atoms with Crippen LogP contribution >= 0.6 is 11.6 Å². The maximum Gasteiger partial charge on any atom is 0.240 e. The molecule has 3 aromatic rings. The maximum atomic E-state index is 13.6. The van der Waals surface area contributed by atoms with Crippen molar-refractivity contribution in [2.24, 2.45) is 5.10 Å². The van der Waals surface area contributed by atoms with Crippen LogP contribution in [0, 0.1) is 5.82 Å². The summed E-state index contributed by atoms with van der Waals surface area (Å²) in [4.78, 5) is 15.4. The largest absolute Gasteiger partial charge is 0.384 e. The Morgan fingerprint density at radius 2 is 2.04 bits per heavy atom. The number of hydrogen-bond donors (Lipinski definition) is 2. The molecule has 0 bridgehead atoms. The van der Waals surface area contributed by atoms with Crippen molar-refractivity contribution < 1.29 is 9.18 Å². The van der Waals surface area contributed by atoms with E-state index in [9.17, 15) is 9.18 Å². The van der Waals surface area contributed by atoms with Crippen LogP contribution in [0.25, 0.3) is 22.4 Å². The summed E-state index contributed by atoms with van der Waals surface area (Å²) in [5.74, 6) is 0.315. The molecular formula is C18H14ClFN6O. The number of aromatic nitrogens is 3. The smallest absolute Gasteiger partial charge is 0.240 e. The van der Waals surface area contributed by atoms with Crippen molar-refractivity contribution in [1.82, 2.24) is 20.2 Å². The van der Waals surface area contributed by atoms with E-state index >= 15 is 0 Å². The van der Waals surface area contributed by atoms with Crippen molar-refractivity contribution in [1.29, 1.82) is 0 Å². The second-order valence-corrected chi connectivity index (χ2v) is 6.40. The second kappa shape index (κ2) is 6.81. The van der Waals surface area contributed by atoms with Crippen molar-refractivity contribution >= 4 is 29.2 Å². The summed E-state index contributed by atoms with van der Waals surface area (Å²) in [6, 6.07) is 7.94. The summed E-state index contributed by atoms with van der Waals surface area (Å²) < 4.78 is 15.2. The Labute approximate surface area is 158 Å². The summed E-state index contributed by atoms with van der Waals surface area (Å²) >= 11 is 5.95. The fourth-order valence-electron chi connectivity index (χ4n) is 2.82. The Kier molecular flexibility index (Phi) is 4.33. The third kappa shape index (κ3) is 3.39. The third-order valence-corrected chi connectivity index (χ3v) is 4.44. The molecule has 27 heavy (non-hydrogen) atoms. The van der Waals surface area contributed by atoms with Crippen LogP contribution in [0.2, 0.25) is 5.02 Å². The summed E-state index contributed by atoms with van der Waals surface area (Å²) in [5, 5.41) is 8.67. The van der Waals surface area contributed by atoms with Gasteiger partial charge in [0.15, 0.2) is 5.84 Å². The van der Waals surface area contributed by atoms with Gasteiger partial charge in [0, 0.05) is 36.4 Å². The van der Waals surface area contributed by atoms with Crippen molar-refractivity contribution in [2.45, 2.75) is 12.8 Å². The number of hydrazone groups is 1. The van der Waals surface area contributed by atoms with Crippen LogP contribution < -0.4 is 11.2 Å². The maximum absolute atomic E-state index is 13.6. The molecule has 0 aliphatic carbocycles. The molecule has 3 heterocycles. The van der Waals surface area contributed by atoms with Gasteiger partial charge in [-0.2, -0.15) is 10.2 Å². The Balaban J connectivity index is 1.87. The van der Waals surface area contributed by atoms with Crippen molar-refractivity contribution in [3.8, 4) is 22.4 Å². The normalized spacial score (nSPS) is 14.0. The van der Waals surface area contributed by atoms with Gasteiger partial charge < -0.3 is 5.73 Å². The van der Waals surface area contributed by atoms with Crippen LogP contribution in [0.15, 0.2) is 47.8 Å². The van der Waals surface area contributed by atoms with E-state index in [1.54, 1.807) is 35.3 Å². The number of carbonyl (C=O) groups excluding carboxylic acids is 1. The SMILES string of the molecule is Nc1cc(-c2cn(C3=NNC(=O)CC3)nc2-c2ccc(F)c(Cl)c2)ccn1. The van der Waals surface area contributed by atoms with E-state index in [2.05, 4.69) is 20.6 Å². The van der Waals surface area contributed by atoms with Gasteiger partial charge in [0.05, 0.1) is 5.02 Å². The number of amides is 1. The molecule has 1 aliphatic heterocycles. The Hall–Kier alpha value is -3.26. The lowest BCUT2D eigenvalue weighted by atomic mass is 10.0. The van der Waals surface area contributed by atoms with Crippen molar-refractivity contribution in [3.63, 3.8) is 0 Å². The van der Waals surface area contributed by atoms with Gasteiger partial charge in [0.2, 0.25) is 5.91 Å². The van der Waals surface area contributed by atoms with Gasteiger partial charge in [-0.05, 0) is 35.9 Å². The van der Waals surface area contributed by atoms with E-state index in [1.165, 1.54) is 12.1 Å². The molecule has 9 heteroatoms. The van der Waals surface area contributed by atoms with Gasteiger partial charge in [-0.1, -0.05) is 11.6 Å². The molecule has 7 nitrogen and oxygen atoms in total. The highest BCUT2D eigenvalue weighted by atomic mass is 35.5. The number of halogens is 2. The highest BCUT2D eigenvalue weighted by molar-refractivity contribution is 6.31. The van der Waals surface area contributed by atoms with Crippen LogP contribution in [0.5, 0.6) is 0 Å². The number of hydrogen-bond acceptors (Lipinski definition) is 5. The average molecular weight is 385 g/mol. The minimum absolute atomic E-state index is 0.00418. The molecule has 0 unspecified atom stereocenters. The lowest BCUT2D eigenvalue weighted by Gasteiger charge is -2.11. The van der Waals surface area contributed by atoms with E-state index in [0.29, 0.717) is 35.8 Å². The van der Waals surface area contributed by atoms with Crippen LogP contribution in [-0.2, 0) is 4.79 Å². The minimum atomic E-state index is -0.506. The van der Waals surface area contributed by atoms with Gasteiger partial charge in [0.1, 0.15) is 17.3 Å². The number of carbonyl (C=O) groups is 1. The zero-order chi connectivity index (χ0) is 19.0. The number of nitrogens with one attached hydrogen (secondary N) is 1.